The number of esters is 1. The lowest BCUT2D eigenvalue weighted by molar-refractivity contribution is -0.138. The molecule has 1 fully saturated rings. The molecule has 2 nitrogen and oxygen atoms in total. The molecule has 0 N–H and O–H groups in total. The molecule has 1 heterocycles. The van der Waals surface area contributed by atoms with E-state index in [0.717, 1.165) is 23.1 Å². The smallest absolute Gasteiger partial charge is 0.334 e. The zero-order chi connectivity index (χ0) is 10.8. The van der Waals surface area contributed by atoms with Crippen molar-refractivity contribution in [1.29, 1.82) is 0 Å². The van der Waals surface area contributed by atoms with Crippen molar-refractivity contribution in [2.24, 2.45) is 0 Å². The van der Waals surface area contributed by atoms with E-state index in [1.54, 1.807) is 0 Å². The van der Waals surface area contributed by atoms with Crippen molar-refractivity contribution in [3.05, 3.63) is 41.5 Å². The molecule has 0 radical (unpaired) electrons. The number of benzene rings is 1. The Balaban J connectivity index is 2.38. The number of hydrogen-bond donors (Lipinski definition) is 0. The van der Waals surface area contributed by atoms with Crippen LogP contribution in [0.1, 0.15) is 25.8 Å². The molecular formula is C13H14O2. The highest BCUT2D eigenvalue weighted by Crippen LogP contribution is 2.28. The Labute approximate surface area is 89.6 Å². The normalized spacial score (nSPS) is 23.9. The van der Waals surface area contributed by atoms with Gasteiger partial charge in [0.25, 0.3) is 0 Å². The summed E-state index contributed by atoms with van der Waals surface area (Å²) >= 11 is 0. The largest absolute Gasteiger partial charge is 0.459 e. The van der Waals surface area contributed by atoms with Crippen LogP contribution in [0.15, 0.2) is 35.9 Å². The molecule has 1 aromatic rings. The first kappa shape index (κ1) is 9.97. The number of rotatable bonds is 1. The number of cyclic esters (lactones) is 1. The van der Waals surface area contributed by atoms with Crippen molar-refractivity contribution in [3.8, 4) is 0 Å². The fourth-order valence-electron chi connectivity index (χ4n) is 1.83. The van der Waals surface area contributed by atoms with Crippen LogP contribution in [0.5, 0.6) is 0 Å². The highest BCUT2D eigenvalue weighted by molar-refractivity contribution is 5.98. The summed E-state index contributed by atoms with van der Waals surface area (Å²) in [5, 5.41) is 0. The van der Waals surface area contributed by atoms with Gasteiger partial charge in [-0.3, -0.25) is 0 Å². The minimum Gasteiger partial charge on any atom is -0.459 e. The quantitative estimate of drug-likeness (QED) is 0.517. The van der Waals surface area contributed by atoms with Gasteiger partial charge in [0.2, 0.25) is 0 Å². The molecule has 1 atom stereocenters. The van der Waals surface area contributed by atoms with Gasteiger partial charge in [0.05, 0.1) is 0 Å². The third kappa shape index (κ3) is 1.94. The second-order valence-corrected chi connectivity index (χ2v) is 3.89. The topological polar surface area (TPSA) is 26.3 Å². The molecule has 1 aromatic carbocycles. The fraction of sp³-hybridized carbons (Fsp3) is 0.308. The van der Waals surface area contributed by atoms with E-state index in [9.17, 15) is 4.79 Å². The zero-order valence-corrected chi connectivity index (χ0v) is 8.99. The third-order valence-electron chi connectivity index (χ3n) is 2.71. The van der Waals surface area contributed by atoms with Gasteiger partial charge in [0.1, 0.15) is 6.10 Å². The van der Waals surface area contributed by atoms with Crippen LogP contribution < -0.4 is 0 Å². The maximum atomic E-state index is 11.5. The Morgan fingerprint density at radius 1 is 1.33 bits per heavy atom. The molecule has 78 valence electrons. The summed E-state index contributed by atoms with van der Waals surface area (Å²) in [6.07, 6.45) is 0.741. The van der Waals surface area contributed by atoms with E-state index < -0.39 is 0 Å². The molecule has 2 heteroatoms. The van der Waals surface area contributed by atoms with E-state index in [4.69, 9.17) is 4.74 Å². The second-order valence-electron chi connectivity index (χ2n) is 3.89. The van der Waals surface area contributed by atoms with Gasteiger partial charge >= 0.3 is 5.97 Å². The van der Waals surface area contributed by atoms with Gasteiger partial charge in [-0.2, -0.15) is 0 Å². The first-order valence-corrected chi connectivity index (χ1v) is 5.14. The number of allylic oxidation sites excluding steroid dienone is 1. The van der Waals surface area contributed by atoms with Crippen LogP contribution in [-0.2, 0) is 9.53 Å². The maximum absolute atomic E-state index is 11.5. The first-order chi connectivity index (χ1) is 7.18. The lowest BCUT2D eigenvalue weighted by atomic mass is 9.99. The van der Waals surface area contributed by atoms with Gasteiger partial charge in [0, 0.05) is 12.0 Å². The van der Waals surface area contributed by atoms with Crippen LogP contribution in [0.3, 0.4) is 0 Å². The lowest BCUT2D eigenvalue weighted by Crippen LogP contribution is -2.00. The van der Waals surface area contributed by atoms with Gasteiger partial charge in [-0.05, 0) is 25.0 Å². The summed E-state index contributed by atoms with van der Waals surface area (Å²) in [4.78, 5) is 11.5. The Bertz CT molecular complexity index is 404. The van der Waals surface area contributed by atoms with Gasteiger partial charge in [-0.1, -0.05) is 30.3 Å². The van der Waals surface area contributed by atoms with E-state index in [1.807, 2.05) is 44.2 Å². The van der Waals surface area contributed by atoms with Crippen LogP contribution in [0.4, 0.5) is 0 Å². The third-order valence-corrected chi connectivity index (χ3v) is 2.71. The first-order valence-electron chi connectivity index (χ1n) is 5.14. The maximum Gasteiger partial charge on any atom is 0.334 e. The van der Waals surface area contributed by atoms with Crippen LogP contribution >= 0.6 is 0 Å². The van der Waals surface area contributed by atoms with Gasteiger partial charge in [0.15, 0.2) is 0 Å². The molecule has 1 saturated heterocycles. The molecule has 0 spiro atoms. The molecule has 0 amide bonds. The molecule has 0 aromatic heterocycles. The Morgan fingerprint density at radius 3 is 2.53 bits per heavy atom. The summed E-state index contributed by atoms with van der Waals surface area (Å²) in [7, 11) is 0. The van der Waals surface area contributed by atoms with Crippen molar-refractivity contribution in [3.63, 3.8) is 0 Å². The van der Waals surface area contributed by atoms with Crippen molar-refractivity contribution < 1.29 is 9.53 Å². The molecule has 1 unspecified atom stereocenters. The molecule has 1 aliphatic rings. The van der Waals surface area contributed by atoms with Crippen LogP contribution in [0.25, 0.3) is 5.57 Å². The minimum absolute atomic E-state index is 0.0196. The number of hydrogen-bond acceptors (Lipinski definition) is 2. The molecule has 0 bridgehead atoms. The fourth-order valence-corrected chi connectivity index (χ4v) is 1.83. The van der Waals surface area contributed by atoms with Crippen LogP contribution in [-0.4, -0.2) is 12.1 Å². The van der Waals surface area contributed by atoms with Gasteiger partial charge in [-0.15, -0.1) is 0 Å². The molecule has 1 aliphatic heterocycles. The van der Waals surface area contributed by atoms with E-state index in [-0.39, 0.29) is 12.1 Å². The molecule has 0 saturated carbocycles. The molecular weight excluding hydrogens is 188 g/mol. The van der Waals surface area contributed by atoms with E-state index in [2.05, 4.69) is 0 Å². The monoisotopic (exact) mass is 202 g/mol. The predicted octanol–water partition coefficient (Wildman–Crippen LogP) is 2.80. The van der Waals surface area contributed by atoms with Crippen molar-refractivity contribution in [2.45, 2.75) is 26.4 Å². The summed E-state index contributed by atoms with van der Waals surface area (Å²) in [5.41, 5.74) is 2.94. The summed E-state index contributed by atoms with van der Waals surface area (Å²) in [6, 6.07) is 9.94. The van der Waals surface area contributed by atoms with E-state index >= 15 is 0 Å². The summed E-state index contributed by atoms with van der Waals surface area (Å²) in [5.74, 6) is -0.163. The summed E-state index contributed by atoms with van der Waals surface area (Å²) in [6.45, 7) is 3.90. The average molecular weight is 202 g/mol. The average Bonchev–Trinajstić information content (AvgIpc) is 2.58. The van der Waals surface area contributed by atoms with Crippen molar-refractivity contribution >= 4 is 11.5 Å². The molecule has 0 aliphatic carbocycles. The zero-order valence-electron chi connectivity index (χ0n) is 8.99. The lowest BCUT2D eigenvalue weighted by Gasteiger charge is -2.03. The highest BCUT2D eigenvalue weighted by atomic mass is 16.5. The van der Waals surface area contributed by atoms with Crippen LogP contribution in [0.2, 0.25) is 0 Å². The van der Waals surface area contributed by atoms with Gasteiger partial charge in [-0.25, -0.2) is 4.79 Å². The number of ether oxygens (including phenoxy) is 1. The van der Waals surface area contributed by atoms with Crippen LogP contribution in [0, 0.1) is 0 Å². The van der Waals surface area contributed by atoms with Crippen molar-refractivity contribution in [2.75, 3.05) is 0 Å². The van der Waals surface area contributed by atoms with Gasteiger partial charge < -0.3 is 4.74 Å². The Kier molecular flexibility index (Phi) is 2.58. The standard InChI is InChI=1S/C13H14O2/c1-9-8-12(13(14)15-9)10(2)11-6-4-3-5-7-11/h3-7,9H,8H2,1-2H3/b12-10+. The minimum atomic E-state index is -0.163. The number of carbonyl (C=O) groups excluding carboxylic acids is 1. The molecule has 15 heavy (non-hydrogen) atoms. The van der Waals surface area contributed by atoms with E-state index in [1.165, 1.54) is 0 Å². The predicted molar refractivity (Wildman–Crippen MR) is 59.2 cm³/mol. The summed E-state index contributed by atoms with van der Waals surface area (Å²) < 4.78 is 5.12. The SMILES string of the molecule is C/C(=C1/CC(C)OC1=O)c1ccccc1. The second kappa shape index (κ2) is 3.89. The highest BCUT2D eigenvalue weighted by Gasteiger charge is 2.27. The number of carbonyl (C=O) groups is 1. The Morgan fingerprint density at radius 2 is 2.00 bits per heavy atom. The van der Waals surface area contributed by atoms with Crippen molar-refractivity contribution in [1.82, 2.24) is 0 Å². The molecule has 2 rings (SSSR count). The van der Waals surface area contributed by atoms with E-state index in [0.29, 0.717) is 0 Å². The Hall–Kier alpha value is -1.57.